The van der Waals surface area contributed by atoms with Gasteiger partial charge in [0.2, 0.25) is 0 Å². The Labute approximate surface area is 391 Å². The molecule has 1 heterocycles. The number of nitrogens with zero attached hydrogens (tertiary/aromatic N) is 1. The van der Waals surface area contributed by atoms with Crippen molar-refractivity contribution in [2.24, 2.45) is 40.1 Å². The van der Waals surface area contributed by atoms with Crippen LogP contribution in [-0.2, 0) is 9.53 Å². The van der Waals surface area contributed by atoms with Crippen LogP contribution in [0.4, 0.5) is 0 Å². The summed E-state index contributed by atoms with van der Waals surface area (Å²) in [6, 6.07) is 0. The lowest BCUT2D eigenvalue weighted by molar-refractivity contribution is -0.167. The van der Waals surface area contributed by atoms with E-state index in [1.165, 1.54) is 0 Å². The molecule has 14 N–H and O–H groups in total. The largest absolute Gasteiger partial charge is 0.461 e. The average molecular weight is 930 g/mol. The first-order valence-electron chi connectivity index (χ1n) is 25.0. The molecule has 0 fully saturated rings. The Kier molecular flexibility index (Phi) is 32.0. The van der Waals surface area contributed by atoms with Crippen molar-refractivity contribution >= 4 is 11.9 Å². The second kappa shape index (κ2) is 34.2. The van der Waals surface area contributed by atoms with E-state index in [2.05, 4.69) is 18.0 Å². The summed E-state index contributed by atoms with van der Waals surface area (Å²) in [7, 11) is 0. The maximum absolute atomic E-state index is 14.3. The van der Waals surface area contributed by atoms with Crippen molar-refractivity contribution in [2.75, 3.05) is 6.54 Å². The maximum Gasteiger partial charge on any atom is 0.311 e. The van der Waals surface area contributed by atoms with Crippen LogP contribution in [0.5, 0.6) is 0 Å². The fraction of sp³-hybridized carbons (Fsp3) is 0.880. The second-order valence-electron chi connectivity index (χ2n) is 19.8. The molecule has 1 aliphatic heterocycles. The summed E-state index contributed by atoms with van der Waals surface area (Å²) >= 11 is 0. The molecule has 0 aliphatic carbocycles. The fourth-order valence-electron chi connectivity index (χ4n) is 9.07. The van der Waals surface area contributed by atoms with Gasteiger partial charge in [0, 0.05) is 24.8 Å². The molecular weight excluding hydrogens is 835 g/mol. The van der Waals surface area contributed by atoms with Crippen LogP contribution >= 0.6 is 0 Å². The van der Waals surface area contributed by atoms with Gasteiger partial charge in [-0.25, -0.2) is 0 Å². The minimum atomic E-state index is -1.04. The summed E-state index contributed by atoms with van der Waals surface area (Å²) in [5.41, 5.74) is 12.6. The number of aliphatic hydroxyl groups is 10. The van der Waals surface area contributed by atoms with Gasteiger partial charge in [-0.05, 0) is 128 Å². The molecule has 0 aromatic carbocycles. The lowest BCUT2D eigenvalue weighted by Crippen LogP contribution is -2.42. The van der Waals surface area contributed by atoms with E-state index in [1.807, 2.05) is 27.7 Å². The topological polar surface area (TPSA) is 293 Å². The van der Waals surface area contributed by atoms with Crippen molar-refractivity contribution in [3.05, 3.63) is 23.3 Å². The summed E-state index contributed by atoms with van der Waals surface area (Å²) in [4.78, 5) is 18.3. The molecule has 0 aromatic heterocycles. The van der Waals surface area contributed by atoms with Gasteiger partial charge in [0.1, 0.15) is 6.10 Å². The first-order chi connectivity index (χ1) is 30.6. The van der Waals surface area contributed by atoms with Crippen molar-refractivity contribution < 1.29 is 60.6 Å². The number of hydrogen-bond donors (Lipinski definition) is 12. The van der Waals surface area contributed by atoms with Crippen LogP contribution in [0.3, 0.4) is 0 Å². The van der Waals surface area contributed by atoms with Gasteiger partial charge in [-0.15, -0.1) is 0 Å². The number of hydrogen-bond acceptors (Lipinski definition) is 13. The van der Waals surface area contributed by atoms with Gasteiger partial charge in [0.25, 0.3) is 0 Å². The highest BCUT2D eigenvalue weighted by Gasteiger charge is 2.37. The van der Waals surface area contributed by atoms with Crippen molar-refractivity contribution in [3.63, 3.8) is 0 Å². The van der Waals surface area contributed by atoms with Crippen molar-refractivity contribution in [2.45, 2.75) is 250 Å². The lowest BCUT2D eigenvalue weighted by Gasteiger charge is -2.34. The van der Waals surface area contributed by atoms with Crippen LogP contribution in [0.15, 0.2) is 28.3 Å². The quantitative estimate of drug-likeness (QED) is 0.0436. The van der Waals surface area contributed by atoms with E-state index < -0.39 is 84.9 Å². The SMILES string of the molecule is CCCCCCC1C(=O)OC(C(C)C(O)CCCN=C(N)N)C(C)C=C(C)CCCCC(O)CC(O)CC(O)CC(O)CC(O)CC=C(C)C(O)CC(O)CCCC(O)CCC(C)C1O. The Hall–Kier alpha value is -2.18. The molecular formula is C50H95N3O12. The van der Waals surface area contributed by atoms with Gasteiger partial charge in [0.05, 0.1) is 67.0 Å². The molecule has 1 aliphatic rings. The zero-order valence-corrected chi connectivity index (χ0v) is 41.0. The van der Waals surface area contributed by atoms with Gasteiger partial charge in [-0.3, -0.25) is 9.79 Å². The van der Waals surface area contributed by atoms with Crippen molar-refractivity contribution in [1.29, 1.82) is 0 Å². The Morgan fingerprint density at radius 3 is 1.95 bits per heavy atom. The molecule has 0 spiro atoms. The number of cyclic esters (lactones) is 1. The highest BCUT2D eigenvalue weighted by atomic mass is 16.5. The molecule has 15 unspecified atom stereocenters. The number of esters is 1. The van der Waals surface area contributed by atoms with E-state index in [0.29, 0.717) is 82.7 Å². The summed E-state index contributed by atoms with van der Waals surface area (Å²) in [6.07, 6.45) is 3.74. The van der Waals surface area contributed by atoms with E-state index in [-0.39, 0.29) is 56.3 Å². The molecule has 0 radical (unpaired) electrons. The Bertz CT molecular complexity index is 1350. The third-order valence-electron chi connectivity index (χ3n) is 13.4. The monoisotopic (exact) mass is 930 g/mol. The predicted molar refractivity (Wildman–Crippen MR) is 256 cm³/mol. The number of unbranched alkanes of at least 4 members (excludes halogenated alkanes) is 3. The number of rotatable bonds is 11. The highest BCUT2D eigenvalue weighted by molar-refractivity contribution is 5.75. The molecule has 0 amide bonds. The van der Waals surface area contributed by atoms with Crippen LogP contribution in [0.25, 0.3) is 0 Å². The number of ether oxygens (including phenoxy) is 1. The smallest absolute Gasteiger partial charge is 0.311 e. The molecule has 65 heavy (non-hydrogen) atoms. The number of aliphatic hydroxyl groups excluding tert-OH is 10. The minimum absolute atomic E-state index is 0.0147. The molecule has 0 saturated carbocycles. The number of carbonyl (C=O) groups is 1. The summed E-state index contributed by atoms with van der Waals surface area (Å²) < 4.78 is 6.37. The number of allylic oxidation sites excluding steroid dienone is 1. The molecule has 0 saturated heterocycles. The van der Waals surface area contributed by atoms with E-state index in [9.17, 15) is 55.9 Å². The molecule has 15 nitrogen and oxygen atoms in total. The zero-order chi connectivity index (χ0) is 49.1. The van der Waals surface area contributed by atoms with E-state index in [0.717, 1.165) is 37.7 Å². The van der Waals surface area contributed by atoms with Gasteiger partial charge in [-0.2, -0.15) is 0 Å². The standard InChI is InChI=1S/C50H95N3O12/c1-7-8-9-10-19-44-47(63)34(4)22-23-37(54)17-13-18-39(56)31-46(62)33(3)21-24-40(57)28-42(59)30-43(60)29-41(58)27-38(55)16-12-11-15-32(2)26-35(5)48(65-49(44)64)36(6)45(61)20-14-25-53-50(51)52/h21,26,34-48,54-63H,7-20,22-25,27-31H2,1-6H3,(H4,51,52,53). The number of carbonyl (C=O) groups excluding carboxylic acids is 1. The van der Waals surface area contributed by atoms with Crippen LogP contribution in [0.2, 0.25) is 0 Å². The summed E-state index contributed by atoms with van der Waals surface area (Å²) in [5, 5.41) is 108. The van der Waals surface area contributed by atoms with E-state index in [1.54, 1.807) is 13.0 Å². The first-order valence-corrected chi connectivity index (χ1v) is 25.0. The predicted octanol–water partition coefficient (Wildman–Crippen LogP) is 4.81. The number of nitrogens with two attached hydrogens (primary N) is 2. The highest BCUT2D eigenvalue weighted by Crippen LogP contribution is 2.31. The molecule has 0 bridgehead atoms. The first kappa shape index (κ1) is 60.8. The number of guanidine groups is 1. The van der Waals surface area contributed by atoms with E-state index in [4.69, 9.17) is 16.2 Å². The third-order valence-corrected chi connectivity index (χ3v) is 13.4. The number of aliphatic imine (C=N–C) groups is 1. The van der Waals surface area contributed by atoms with Gasteiger partial charge in [-0.1, -0.05) is 77.5 Å². The molecule has 382 valence electrons. The normalized spacial score (nSPS) is 33.9. The van der Waals surface area contributed by atoms with Crippen molar-refractivity contribution in [1.82, 2.24) is 0 Å². The third kappa shape index (κ3) is 27.4. The molecule has 0 aromatic rings. The molecule has 15 heteroatoms. The Morgan fingerprint density at radius 1 is 0.738 bits per heavy atom. The summed E-state index contributed by atoms with van der Waals surface area (Å²) in [5.74, 6) is -2.46. The van der Waals surface area contributed by atoms with Crippen LogP contribution in [-0.4, -0.2) is 137 Å². The fourth-order valence-corrected chi connectivity index (χ4v) is 9.07. The van der Waals surface area contributed by atoms with Gasteiger partial charge >= 0.3 is 5.97 Å². The average Bonchev–Trinajstić information content (AvgIpc) is 3.22. The van der Waals surface area contributed by atoms with E-state index >= 15 is 0 Å². The van der Waals surface area contributed by atoms with Gasteiger partial charge in [0.15, 0.2) is 5.96 Å². The minimum Gasteiger partial charge on any atom is -0.461 e. The zero-order valence-electron chi connectivity index (χ0n) is 41.0. The van der Waals surface area contributed by atoms with Crippen LogP contribution in [0, 0.1) is 23.7 Å². The molecule has 15 atom stereocenters. The van der Waals surface area contributed by atoms with Crippen molar-refractivity contribution in [3.8, 4) is 0 Å². The summed E-state index contributed by atoms with van der Waals surface area (Å²) in [6.45, 7) is 11.8. The maximum atomic E-state index is 14.3. The van der Waals surface area contributed by atoms with Crippen LogP contribution in [0.1, 0.15) is 183 Å². The Morgan fingerprint density at radius 2 is 1.32 bits per heavy atom. The second-order valence-corrected chi connectivity index (χ2v) is 19.8. The van der Waals surface area contributed by atoms with Crippen LogP contribution < -0.4 is 11.5 Å². The van der Waals surface area contributed by atoms with Gasteiger partial charge < -0.3 is 67.3 Å². The Balaban J connectivity index is 3.34. The molecule has 1 rings (SSSR count). The lowest BCUT2D eigenvalue weighted by atomic mass is 9.83.